The summed E-state index contributed by atoms with van der Waals surface area (Å²) in [6, 6.07) is 6.12. The number of nitrogens with zero attached hydrogens (tertiary/aromatic N) is 4. The van der Waals surface area contributed by atoms with E-state index in [2.05, 4.69) is 15.3 Å². The molecule has 2 heterocycles. The van der Waals surface area contributed by atoms with Crippen molar-refractivity contribution in [2.24, 2.45) is 0 Å². The van der Waals surface area contributed by atoms with E-state index >= 15 is 0 Å². The van der Waals surface area contributed by atoms with Gasteiger partial charge in [0.2, 0.25) is 5.95 Å². The summed E-state index contributed by atoms with van der Waals surface area (Å²) in [4.78, 5) is 48.8. The van der Waals surface area contributed by atoms with E-state index in [0.29, 0.717) is 37.1 Å². The van der Waals surface area contributed by atoms with E-state index in [0.717, 1.165) is 0 Å². The Morgan fingerprint density at radius 3 is 2.42 bits per heavy atom. The van der Waals surface area contributed by atoms with Crippen molar-refractivity contribution >= 4 is 46.9 Å². The van der Waals surface area contributed by atoms with Crippen molar-refractivity contribution in [3.8, 4) is 0 Å². The molecule has 9 nitrogen and oxygen atoms in total. The van der Waals surface area contributed by atoms with Gasteiger partial charge in [0.1, 0.15) is 6.54 Å². The Labute approximate surface area is 189 Å². The molecule has 1 aliphatic heterocycles. The first-order valence-corrected chi connectivity index (χ1v) is 10.3. The molecule has 11 heteroatoms. The zero-order valence-electron chi connectivity index (χ0n) is 16.8. The summed E-state index contributed by atoms with van der Waals surface area (Å²) < 4.78 is 5.18. The lowest BCUT2D eigenvalue weighted by Crippen LogP contribution is -2.52. The number of carbonyl (C=O) groups excluding carboxylic acids is 3. The minimum absolute atomic E-state index is 0.232. The molecule has 1 saturated heterocycles. The predicted molar refractivity (Wildman–Crippen MR) is 115 cm³/mol. The Bertz CT molecular complexity index is 952. The second-order valence-electron chi connectivity index (χ2n) is 6.80. The standard InChI is InChI=1S/C20H21Cl2N5O4/c1-13(19(30)26-7-9-27(10-8-26)20-23-5-2-6-24-20)31-17(28)12-25-18(29)14-3-4-15(21)16(22)11-14/h2-6,11,13H,7-10,12H2,1H3,(H,25,29). The van der Waals surface area contributed by atoms with Crippen LogP contribution >= 0.6 is 23.2 Å². The molecule has 1 aromatic heterocycles. The van der Waals surface area contributed by atoms with Crippen LogP contribution in [0.25, 0.3) is 0 Å². The molecule has 2 amide bonds. The number of hydrogen-bond donors (Lipinski definition) is 1. The zero-order valence-corrected chi connectivity index (χ0v) is 18.3. The van der Waals surface area contributed by atoms with E-state index < -0.39 is 18.0 Å². The van der Waals surface area contributed by atoms with E-state index in [1.54, 1.807) is 23.4 Å². The van der Waals surface area contributed by atoms with Crippen LogP contribution in [0.2, 0.25) is 10.0 Å². The fourth-order valence-electron chi connectivity index (χ4n) is 3.02. The molecule has 0 bridgehead atoms. The van der Waals surface area contributed by atoms with Crippen LogP contribution in [0.4, 0.5) is 5.95 Å². The van der Waals surface area contributed by atoms with Crippen molar-refractivity contribution in [3.63, 3.8) is 0 Å². The van der Waals surface area contributed by atoms with E-state index in [4.69, 9.17) is 27.9 Å². The number of rotatable bonds is 6. The second kappa shape index (κ2) is 10.4. The van der Waals surface area contributed by atoms with Gasteiger partial charge in [0.15, 0.2) is 6.10 Å². The SMILES string of the molecule is CC(OC(=O)CNC(=O)c1ccc(Cl)c(Cl)c1)C(=O)N1CCN(c2ncccn2)CC1. The third-order valence-electron chi connectivity index (χ3n) is 4.66. The molecule has 1 atom stereocenters. The first-order valence-electron chi connectivity index (χ1n) is 9.58. The van der Waals surface area contributed by atoms with Gasteiger partial charge in [0, 0.05) is 44.1 Å². The van der Waals surface area contributed by atoms with Gasteiger partial charge in [0.25, 0.3) is 11.8 Å². The number of carbonyl (C=O) groups is 3. The van der Waals surface area contributed by atoms with Crippen molar-refractivity contribution in [1.82, 2.24) is 20.2 Å². The highest BCUT2D eigenvalue weighted by Gasteiger charge is 2.28. The number of benzene rings is 1. The van der Waals surface area contributed by atoms with Crippen LogP contribution in [0.3, 0.4) is 0 Å². The lowest BCUT2D eigenvalue weighted by atomic mass is 10.2. The van der Waals surface area contributed by atoms with Crippen LogP contribution in [-0.2, 0) is 14.3 Å². The van der Waals surface area contributed by atoms with Crippen LogP contribution in [0.15, 0.2) is 36.7 Å². The topological polar surface area (TPSA) is 105 Å². The molecule has 1 aromatic carbocycles. The molecule has 1 N–H and O–H groups in total. The summed E-state index contributed by atoms with van der Waals surface area (Å²) in [5.41, 5.74) is 0.256. The molecule has 1 aliphatic rings. The van der Waals surface area contributed by atoms with Gasteiger partial charge in [0.05, 0.1) is 10.0 Å². The van der Waals surface area contributed by atoms with Gasteiger partial charge in [-0.1, -0.05) is 23.2 Å². The fourth-order valence-corrected chi connectivity index (χ4v) is 3.32. The first kappa shape index (κ1) is 22.8. The Balaban J connectivity index is 1.43. The fraction of sp³-hybridized carbons (Fsp3) is 0.350. The zero-order chi connectivity index (χ0) is 22.4. The Hall–Kier alpha value is -2.91. The molecule has 0 radical (unpaired) electrons. The van der Waals surface area contributed by atoms with Gasteiger partial charge in [-0.3, -0.25) is 14.4 Å². The van der Waals surface area contributed by atoms with Gasteiger partial charge < -0.3 is 19.9 Å². The average Bonchev–Trinajstić information content (AvgIpc) is 2.79. The van der Waals surface area contributed by atoms with Crippen LogP contribution < -0.4 is 10.2 Å². The lowest BCUT2D eigenvalue weighted by molar-refractivity contribution is -0.158. The van der Waals surface area contributed by atoms with Crippen LogP contribution in [0.5, 0.6) is 0 Å². The number of anilines is 1. The smallest absolute Gasteiger partial charge is 0.326 e. The third kappa shape index (κ3) is 6.05. The normalized spacial score (nSPS) is 14.7. The van der Waals surface area contributed by atoms with Crippen molar-refractivity contribution in [1.29, 1.82) is 0 Å². The lowest BCUT2D eigenvalue weighted by Gasteiger charge is -2.35. The number of halogens is 2. The number of ether oxygens (including phenoxy) is 1. The number of aromatic nitrogens is 2. The second-order valence-corrected chi connectivity index (χ2v) is 7.62. The summed E-state index contributed by atoms with van der Waals surface area (Å²) in [6.45, 7) is 3.22. The summed E-state index contributed by atoms with van der Waals surface area (Å²) >= 11 is 11.7. The van der Waals surface area contributed by atoms with Gasteiger partial charge >= 0.3 is 5.97 Å². The van der Waals surface area contributed by atoms with Gasteiger partial charge in [-0.2, -0.15) is 0 Å². The maximum Gasteiger partial charge on any atom is 0.326 e. The third-order valence-corrected chi connectivity index (χ3v) is 5.40. The highest BCUT2D eigenvalue weighted by molar-refractivity contribution is 6.42. The Morgan fingerprint density at radius 1 is 1.10 bits per heavy atom. The molecule has 1 unspecified atom stereocenters. The number of esters is 1. The predicted octanol–water partition coefficient (Wildman–Crippen LogP) is 1.79. The molecule has 3 rings (SSSR count). The Morgan fingerprint density at radius 2 is 1.77 bits per heavy atom. The van der Waals surface area contributed by atoms with Crippen molar-refractivity contribution in [2.75, 3.05) is 37.6 Å². The number of amides is 2. The molecule has 0 aliphatic carbocycles. The van der Waals surface area contributed by atoms with Gasteiger partial charge in [-0.15, -0.1) is 0 Å². The van der Waals surface area contributed by atoms with Gasteiger partial charge in [-0.25, -0.2) is 9.97 Å². The van der Waals surface area contributed by atoms with Gasteiger partial charge in [-0.05, 0) is 31.2 Å². The molecule has 1 fully saturated rings. The minimum Gasteiger partial charge on any atom is -0.451 e. The first-order chi connectivity index (χ1) is 14.8. The maximum atomic E-state index is 12.6. The van der Waals surface area contributed by atoms with E-state index in [1.807, 2.05) is 4.90 Å². The summed E-state index contributed by atoms with van der Waals surface area (Å²) in [6.07, 6.45) is 2.37. The van der Waals surface area contributed by atoms with Crippen LogP contribution in [-0.4, -0.2) is 71.5 Å². The van der Waals surface area contributed by atoms with E-state index in [1.165, 1.54) is 25.1 Å². The molecule has 0 spiro atoms. The summed E-state index contributed by atoms with van der Waals surface area (Å²) in [7, 11) is 0. The number of piperazine rings is 1. The molecule has 2 aromatic rings. The quantitative estimate of drug-likeness (QED) is 0.648. The van der Waals surface area contributed by atoms with Crippen molar-refractivity contribution in [3.05, 3.63) is 52.3 Å². The molecular formula is C20H21Cl2N5O4. The van der Waals surface area contributed by atoms with Crippen LogP contribution in [0.1, 0.15) is 17.3 Å². The minimum atomic E-state index is -0.964. The van der Waals surface area contributed by atoms with Crippen molar-refractivity contribution in [2.45, 2.75) is 13.0 Å². The summed E-state index contributed by atoms with van der Waals surface area (Å²) in [5, 5.41) is 2.99. The molecule has 31 heavy (non-hydrogen) atoms. The largest absolute Gasteiger partial charge is 0.451 e. The molecular weight excluding hydrogens is 445 g/mol. The van der Waals surface area contributed by atoms with Crippen LogP contribution in [0, 0.1) is 0 Å². The highest BCUT2D eigenvalue weighted by Crippen LogP contribution is 2.22. The van der Waals surface area contributed by atoms with E-state index in [-0.39, 0.29) is 23.0 Å². The maximum absolute atomic E-state index is 12.6. The van der Waals surface area contributed by atoms with E-state index in [9.17, 15) is 14.4 Å². The van der Waals surface area contributed by atoms with Crippen molar-refractivity contribution < 1.29 is 19.1 Å². The monoisotopic (exact) mass is 465 g/mol. The number of hydrogen-bond acceptors (Lipinski definition) is 7. The molecule has 164 valence electrons. The Kier molecular flexibility index (Phi) is 7.64. The number of nitrogens with one attached hydrogen (secondary N) is 1. The highest BCUT2D eigenvalue weighted by atomic mass is 35.5. The molecule has 0 saturated carbocycles. The summed E-state index contributed by atoms with van der Waals surface area (Å²) in [5.74, 6) is -0.899. The average molecular weight is 466 g/mol.